The van der Waals surface area contributed by atoms with Crippen LogP contribution in [0.15, 0.2) is 200 Å². The first-order valence-corrected chi connectivity index (χ1v) is 20.3. The first kappa shape index (κ1) is 32.0. The van der Waals surface area contributed by atoms with Crippen LogP contribution in [0.1, 0.15) is 0 Å². The van der Waals surface area contributed by atoms with Gasteiger partial charge in [0.05, 0.1) is 10.4 Å². The molecule has 2 heterocycles. The van der Waals surface area contributed by atoms with E-state index in [4.69, 9.17) is 0 Å². The Kier molecular flexibility index (Phi) is 7.61. The van der Waals surface area contributed by atoms with Gasteiger partial charge in [-0.1, -0.05) is 152 Å². The molecule has 258 valence electrons. The second-order valence-electron chi connectivity index (χ2n) is 14.1. The summed E-state index contributed by atoms with van der Waals surface area (Å²) in [5.74, 6) is 0. The second-order valence-corrected chi connectivity index (χ2v) is 16.2. The van der Waals surface area contributed by atoms with Crippen LogP contribution in [0.3, 0.4) is 0 Å². The summed E-state index contributed by atoms with van der Waals surface area (Å²) in [5, 5.41) is 7.72. The van der Waals surface area contributed by atoms with E-state index in [-0.39, 0.29) is 0 Å². The Balaban J connectivity index is 1.12. The molecular formula is C52H33NS2. The molecule has 11 rings (SSSR count). The van der Waals surface area contributed by atoms with E-state index in [9.17, 15) is 0 Å². The van der Waals surface area contributed by atoms with Gasteiger partial charge in [-0.15, -0.1) is 22.7 Å². The van der Waals surface area contributed by atoms with Gasteiger partial charge in [0.1, 0.15) is 0 Å². The van der Waals surface area contributed by atoms with Crippen LogP contribution in [-0.4, -0.2) is 0 Å². The van der Waals surface area contributed by atoms with Crippen molar-refractivity contribution in [1.29, 1.82) is 0 Å². The largest absolute Gasteiger partial charge is 0.309 e. The lowest BCUT2D eigenvalue weighted by atomic mass is 9.92. The van der Waals surface area contributed by atoms with Crippen LogP contribution in [0, 0.1) is 0 Å². The molecule has 0 spiro atoms. The Labute approximate surface area is 327 Å². The SMILES string of the molecule is c1ccc(-c2cc(N(c3ccc(-c4ccc5ccccc5c4)cc3)c3cccc4c3sc3ccccc34)ccc2-c2cccc3c2sc2ccccc23)cc1. The van der Waals surface area contributed by atoms with Crippen molar-refractivity contribution < 1.29 is 0 Å². The fraction of sp³-hybridized carbons (Fsp3) is 0. The molecular weight excluding hydrogens is 703 g/mol. The van der Waals surface area contributed by atoms with E-state index in [0.717, 1.165) is 11.4 Å². The number of thiophene rings is 2. The number of nitrogens with zero attached hydrogens (tertiary/aromatic N) is 1. The highest BCUT2D eigenvalue weighted by Crippen LogP contribution is 2.48. The Bertz CT molecular complexity index is 3210. The zero-order chi connectivity index (χ0) is 36.3. The molecule has 0 N–H and O–H groups in total. The highest BCUT2D eigenvalue weighted by Gasteiger charge is 2.21. The first-order valence-electron chi connectivity index (χ1n) is 18.7. The second kappa shape index (κ2) is 13.1. The predicted octanol–water partition coefficient (Wildman–Crippen LogP) is 16.0. The van der Waals surface area contributed by atoms with Gasteiger partial charge in [-0.2, -0.15) is 0 Å². The van der Waals surface area contributed by atoms with Crippen LogP contribution in [0.2, 0.25) is 0 Å². The van der Waals surface area contributed by atoms with E-state index in [1.165, 1.54) is 90.2 Å². The summed E-state index contributed by atoms with van der Waals surface area (Å²) in [6.45, 7) is 0. The maximum atomic E-state index is 2.46. The third kappa shape index (κ3) is 5.43. The van der Waals surface area contributed by atoms with Crippen molar-refractivity contribution in [2.75, 3.05) is 4.90 Å². The van der Waals surface area contributed by atoms with Gasteiger partial charge < -0.3 is 4.90 Å². The van der Waals surface area contributed by atoms with Gasteiger partial charge in [0, 0.05) is 52.6 Å². The first-order chi connectivity index (χ1) is 27.3. The molecule has 0 saturated heterocycles. The van der Waals surface area contributed by atoms with Crippen molar-refractivity contribution in [1.82, 2.24) is 0 Å². The van der Waals surface area contributed by atoms with Gasteiger partial charge in [0.15, 0.2) is 0 Å². The van der Waals surface area contributed by atoms with Gasteiger partial charge in [-0.05, 0) is 87.1 Å². The van der Waals surface area contributed by atoms with Crippen molar-refractivity contribution in [2.24, 2.45) is 0 Å². The van der Waals surface area contributed by atoms with Gasteiger partial charge in [0.2, 0.25) is 0 Å². The van der Waals surface area contributed by atoms with Crippen LogP contribution in [0.5, 0.6) is 0 Å². The molecule has 0 saturated carbocycles. The average Bonchev–Trinajstić information content (AvgIpc) is 3.84. The summed E-state index contributed by atoms with van der Waals surface area (Å²) in [6.07, 6.45) is 0. The topological polar surface area (TPSA) is 3.24 Å². The summed E-state index contributed by atoms with van der Waals surface area (Å²) in [4.78, 5) is 2.46. The van der Waals surface area contributed by atoms with Crippen LogP contribution in [0.25, 0.3) is 84.5 Å². The minimum atomic E-state index is 1.12. The zero-order valence-corrected chi connectivity index (χ0v) is 31.4. The van der Waals surface area contributed by atoms with E-state index in [0.29, 0.717) is 0 Å². The lowest BCUT2D eigenvalue weighted by molar-refractivity contribution is 1.30. The van der Waals surface area contributed by atoms with E-state index >= 15 is 0 Å². The standard InChI is InChI=1S/C52H33NS2/c1-2-13-36(14-3-1)47-33-40(30-31-41(47)44-18-10-19-45-42-16-6-8-22-49(42)54-51(44)45)53(48-21-11-20-46-43-17-7-9-23-50(43)55-52(46)48)39-28-26-35(27-29-39)38-25-24-34-12-4-5-15-37(34)32-38/h1-33H. The fourth-order valence-electron chi connectivity index (χ4n) is 8.23. The maximum Gasteiger partial charge on any atom is 0.0640 e. The Hall–Kier alpha value is -6.52. The molecule has 0 atom stereocenters. The number of anilines is 3. The lowest BCUT2D eigenvalue weighted by Gasteiger charge is -2.27. The van der Waals surface area contributed by atoms with Crippen molar-refractivity contribution >= 4 is 90.9 Å². The Morgan fingerprint density at radius 2 is 0.909 bits per heavy atom. The van der Waals surface area contributed by atoms with Crippen molar-refractivity contribution in [3.05, 3.63) is 200 Å². The minimum absolute atomic E-state index is 1.12. The zero-order valence-electron chi connectivity index (χ0n) is 29.8. The van der Waals surface area contributed by atoms with Crippen LogP contribution in [0.4, 0.5) is 17.1 Å². The number of fused-ring (bicyclic) bond motifs is 7. The van der Waals surface area contributed by atoms with Crippen molar-refractivity contribution in [2.45, 2.75) is 0 Å². The third-order valence-electron chi connectivity index (χ3n) is 10.9. The van der Waals surface area contributed by atoms with Crippen molar-refractivity contribution in [3.8, 4) is 33.4 Å². The normalized spacial score (nSPS) is 11.6. The molecule has 0 aliphatic rings. The van der Waals surface area contributed by atoms with E-state index < -0.39 is 0 Å². The molecule has 2 aromatic heterocycles. The van der Waals surface area contributed by atoms with Gasteiger partial charge in [-0.3, -0.25) is 0 Å². The summed E-state index contributed by atoms with van der Waals surface area (Å²) in [5.41, 5.74) is 10.7. The molecule has 0 bridgehead atoms. The third-order valence-corrected chi connectivity index (χ3v) is 13.3. The van der Waals surface area contributed by atoms with E-state index in [2.05, 4.69) is 205 Å². The van der Waals surface area contributed by atoms with Gasteiger partial charge >= 0.3 is 0 Å². The van der Waals surface area contributed by atoms with E-state index in [1.54, 1.807) is 0 Å². The van der Waals surface area contributed by atoms with Crippen LogP contribution in [-0.2, 0) is 0 Å². The maximum absolute atomic E-state index is 2.46. The molecule has 0 amide bonds. The molecule has 9 aromatic carbocycles. The highest BCUT2D eigenvalue weighted by atomic mass is 32.1. The molecule has 1 nitrogen and oxygen atoms in total. The highest BCUT2D eigenvalue weighted by molar-refractivity contribution is 7.26. The van der Waals surface area contributed by atoms with Crippen LogP contribution < -0.4 is 4.90 Å². The molecule has 3 heteroatoms. The molecule has 0 aliphatic heterocycles. The van der Waals surface area contributed by atoms with Gasteiger partial charge in [-0.25, -0.2) is 0 Å². The monoisotopic (exact) mass is 735 g/mol. The smallest absolute Gasteiger partial charge is 0.0640 e. The fourth-order valence-corrected chi connectivity index (χ4v) is 10.7. The summed E-state index contributed by atoms with van der Waals surface area (Å²) >= 11 is 3.76. The number of hydrogen-bond donors (Lipinski definition) is 0. The summed E-state index contributed by atoms with van der Waals surface area (Å²) in [7, 11) is 0. The molecule has 11 aromatic rings. The van der Waals surface area contributed by atoms with E-state index in [1.807, 2.05) is 22.7 Å². The number of rotatable bonds is 6. The molecule has 0 unspecified atom stereocenters. The minimum Gasteiger partial charge on any atom is -0.309 e. The Morgan fingerprint density at radius 1 is 0.309 bits per heavy atom. The van der Waals surface area contributed by atoms with Crippen molar-refractivity contribution in [3.63, 3.8) is 0 Å². The average molecular weight is 736 g/mol. The lowest BCUT2D eigenvalue weighted by Crippen LogP contribution is -2.10. The van der Waals surface area contributed by atoms with Gasteiger partial charge in [0.25, 0.3) is 0 Å². The summed E-state index contributed by atoms with van der Waals surface area (Å²) < 4.78 is 5.22. The Morgan fingerprint density at radius 3 is 1.69 bits per heavy atom. The number of benzene rings is 9. The molecule has 0 fully saturated rings. The molecule has 0 radical (unpaired) electrons. The molecule has 55 heavy (non-hydrogen) atoms. The summed E-state index contributed by atoms with van der Waals surface area (Å²) in [6, 6.07) is 73.4. The predicted molar refractivity (Wildman–Crippen MR) is 241 cm³/mol. The molecule has 0 aliphatic carbocycles. The quantitative estimate of drug-likeness (QED) is 0.164. The van der Waals surface area contributed by atoms with Crippen LogP contribution >= 0.6 is 22.7 Å². The number of hydrogen-bond acceptors (Lipinski definition) is 3.